The van der Waals surface area contributed by atoms with Gasteiger partial charge in [-0.3, -0.25) is 20.4 Å². The summed E-state index contributed by atoms with van der Waals surface area (Å²) in [6.45, 7) is 4.05. The van der Waals surface area contributed by atoms with Crippen molar-refractivity contribution < 1.29 is 14.7 Å². The predicted molar refractivity (Wildman–Crippen MR) is 94.3 cm³/mol. The van der Waals surface area contributed by atoms with Crippen molar-refractivity contribution in [3.63, 3.8) is 0 Å². The zero-order chi connectivity index (χ0) is 18.1. The first-order chi connectivity index (χ1) is 11.4. The highest BCUT2D eigenvalue weighted by molar-refractivity contribution is 6.30. The molecule has 0 aliphatic carbocycles. The van der Waals surface area contributed by atoms with Crippen molar-refractivity contribution in [1.82, 2.24) is 10.9 Å². The van der Waals surface area contributed by atoms with Crippen LogP contribution >= 0.6 is 11.6 Å². The number of hydrogen-bond acceptors (Lipinski definition) is 4. The van der Waals surface area contributed by atoms with Gasteiger partial charge in [0.15, 0.2) is 0 Å². The molecule has 0 saturated carbocycles. The van der Waals surface area contributed by atoms with Gasteiger partial charge in [-0.25, -0.2) is 0 Å². The van der Waals surface area contributed by atoms with Crippen molar-refractivity contribution in [2.45, 2.75) is 51.7 Å². The molecule has 1 aromatic rings. The van der Waals surface area contributed by atoms with Gasteiger partial charge < -0.3 is 10.8 Å². The van der Waals surface area contributed by atoms with E-state index in [4.69, 9.17) is 17.3 Å². The summed E-state index contributed by atoms with van der Waals surface area (Å²) >= 11 is 5.81. The highest BCUT2D eigenvalue weighted by atomic mass is 35.5. The summed E-state index contributed by atoms with van der Waals surface area (Å²) in [5, 5.41) is 10.5. The Kier molecular flexibility index (Phi) is 8.74. The number of unbranched alkanes of at least 4 members (excludes halogenated alkanes) is 1. The monoisotopic (exact) mass is 355 g/mol. The number of hydrazine groups is 1. The lowest BCUT2D eigenvalue weighted by Crippen LogP contribution is -2.54. The largest absolute Gasteiger partial charge is 0.382 e. The Labute approximate surface area is 147 Å². The highest BCUT2D eigenvalue weighted by Gasteiger charge is 2.29. The van der Waals surface area contributed by atoms with Crippen LogP contribution in [0.3, 0.4) is 0 Å². The lowest BCUT2D eigenvalue weighted by Gasteiger charge is -2.26. The number of aliphatic hydroxyl groups excluding tert-OH is 1. The fourth-order valence-corrected chi connectivity index (χ4v) is 2.65. The van der Waals surface area contributed by atoms with Gasteiger partial charge >= 0.3 is 0 Å². The molecule has 6 nitrogen and oxygen atoms in total. The molecule has 0 aliphatic rings. The van der Waals surface area contributed by atoms with Crippen molar-refractivity contribution in [3.05, 3.63) is 34.9 Å². The van der Waals surface area contributed by atoms with Crippen molar-refractivity contribution in [2.75, 3.05) is 0 Å². The molecule has 0 aliphatic heterocycles. The molecule has 2 amide bonds. The third-order valence-corrected chi connectivity index (χ3v) is 4.25. The minimum absolute atomic E-state index is 0.0503. The van der Waals surface area contributed by atoms with E-state index in [9.17, 15) is 14.7 Å². The minimum Gasteiger partial charge on any atom is -0.382 e. The van der Waals surface area contributed by atoms with E-state index in [1.807, 2.05) is 6.92 Å². The molecule has 3 atom stereocenters. The van der Waals surface area contributed by atoms with Gasteiger partial charge in [-0.1, -0.05) is 50.8 Å². The van der Waals surface area contributed by atoms with Gasteiger partial charge in [0.2, 0.25) is 0 Å². The van der Waals surface area contributed by atoms with E-state index >= 15 is 0 Å². The Morgan fingerprint density at radius 2 is 2.00 bits per heavy atom. The highest BCUT2D eigenvalue weighted by Crippen LogP contribution is 2.18. The maximum absolute atomic E-state index is 12.0. The molecule has 134 valence electrons. The Hall–Kier alpha value is -1.63. The molecule has 0 radical (unpaired) electrons. The van der Waals surface area contributed by atoms with Crippen LogP contribution in [0.2, 0.25) is 5.02 Å². The summed E-state index contributed by atoms with van der Waals surface area (Å²) in [7, 11) is 0. The second-order valence-corrected chi connectivity index (χ2v) is 6.22. The van der Waals surface area contributed by atoms with Crippen molar-refractivity contribution in [1.29, 1.82) is 0 Å². The number of carbonyl (C=O) groups is 2. The number of nitrogens with two attached hydrogens (primary N) is 1. The van der Waals surface area contributed by atoms with E-state index in [-0.39, 0.29) is 5.92 Å². The number of rotatable bonds is 8. The molecular weight excluding hydrogens is 330 g/mol. The van der Waals surface area contributed by atoms with Gasteiger partial charge in [-0.05, 0) is 30.5 Å². The first-order valence-electron chi connectivity index (χ1n) is 8.20. The van der Waals surface area contributed by atoms with E-state index in [2.05, 4.69) is 17.8 Å². The summed E-state index contributed by atoms with van der Waals surface area (Å²) in [5.41, 5.74) is 10.8. The third-order valence-electron chi connectivity index (χ3n) is 4.02. The average Bonchev–Trinajstić information content (AvgIpc) is 2.59. The fourth-order valence-electron chi connectivity index (χ4n) is 2.46. The van der Waals surface area contributed by atoms with Crippen LogP contribution in [0.1, 0.15) is 49.9 Å². The van der Waals surface area contributed by atoms with E-state index in [1.165, 1.54) is 6.07 Å². The lowest BCUT2D eigenvalue weighted by atomic mass is 9.88. The number of carbonyl (C=O) groups excluding carboxylic acids is 2. The maximum Gasteiger partial charge on any atom is 0.269 e. The van der Waals surface area contributed by atoms with Crippen molar-refractivity contribution in [3.8, 4) is 0 Å². The SMILES string of the molecule is CCCC[C@H](CC)[C@H](N)[C@H](O)C(=O)NNC(=O)c1cccc(Cl)c1. The quantitative estimate of drug-likeness (QED) is 0.535. The molecule has 1 rings (SSSR count). The number of aliphatic hydroxyl groups is 1. The Morgan fingerprint density at radius 1 is 1.29 bits per heavy atom. The fraction of sp³-hybridized carbons (Fsp3) is 0.529. The molecule has 0 fully saturated rings. The minimum atomic E-state index is -1.38. The van der Waals surface area contributed by atoms with Crippen molar-refractivity contribution >= 4 is 23.4 Å². The van der Waals surface area contributed by atoms with Crippen LogP contribution in [-0.2, 0) is 4.79 Å². The molecule has 5 N–H and O–H groups in total. The summed E-state index contributed by atoms with van der Waals surface area (Å²) in [4.78, 5) is 23.9. The molecule has 0 spiro atoms. The molecule has 7 heteroatoms. The molecule has 0 saturated heterocycles. The Bertz CT molecular complexity index is 554. The number of benzene rings is 1. The molecule has 0 unspecified atom stereocenters. The van der Waals surface area contributed by atoms with Crippen LogP contribution in [0.4, 0.5) is 0 Å². The van der Waals surface area contributed by atoms with Crippen LogP contribution in [0.5, 0.6) is 0 Å². The molecule has 0 heterocycles. The van der Waals surface area contributed by atoms with E-state index in [0.29, 0.717) is 10.6 Å². The smallest absolute Gasteiger partial charge is 0.269 e. The van der Waals surface area contributed by atoms with Crippen LogP contribution < -0.4 is 16.6 Å². The predicted octanol–water partition coefficient (Wildman–Crippen LogP) is 2.01. The molecule has 0 bridgehead atoms. The molecule has 24 heavy (non-hydrogen) atoms. The third kappa shape index (κ3) is 6.11. The Morgan fingerprint density at radius 3 is 2.58 bits per heavy atom. The second-order valence-electron chi connectivity index (χ2n) is 5.79. The summed E-state index contributed by atoms with van der Waals surface area (Å²) in [6.07, 6.45) is 2.27. The van der Waals surface area contributed by atoms with Gasteiger partial charge in [0.05, 0.1) is 0 Å². The second kappa shape index (κ2) is 10.3. The summed E-state index contributed by atoms with van der Waals surface area (Å²) in [6, 6.07) is 5.63. The van der Waals surface area contributed by atoms with Crippen molar-refractivity contribution in [2.24, 2.45) is 11.7 Å². The van der Waals surface area contributed by atoms with Gasteiger partial charge in [0, 0.05) is 16.6 Å². The van der Waals surface area contributed by atoms with Crippen LogP contribution in [0, 0.1) is 5.92 Å². The maximum atomic E-state index is 12.0. The molecule has 0 aromatic heterocycles. The van der Waals surface area contributed by atoms with Crippen LogP contribution in [0.15, 0.2) is 24.3 Å². The van der Waals surface area contributed by atoms with Gasteiger partial charge in [-0.2, -0.15) is 0 Å². The number of halogens is 1. The van der Waals surface area contributed by atoms with Gasteiger partial charge in [-0.15, -0.1) is 0 Å². The van der Waals surface area contributed by atoms with E-state index in [1.54, 1.807) is 18.2 Å². The average molecular weight is 356 g/mol. The Balaban J connectivity index is 2.55. The molecule has 1 aromatic carbocycles. The first-order valence-corrected chi connectivity index (χ1v) is 8.57. The summed E-state index contributed by atoms with van der Waals surface area (Å²) < 4.78 is 0. The van der Waals surface area contributed by atoms with Gasteiger partial charge in [0.1, 0.15) is 6.10 Å². The standard InChI is InChI=1S/C17H26ClN3O3/c1-3-5-7-11(4-2)14(19)15(22)17(24)21-20-16(23)12-8-6-9-13(18)10-12/h6,8-11,14-15,22H,3-5,7,19H2,1-2H3,(H,20,23)(H,21,24)/t11-,14-,15-/m0/s1. The first kappa shape index (κ1) is 20.4. The number of amides is 2. The zero-order valence-electron chi connectivity index (χ0n) is 14.1. The van der Waals surface area contributed by atoms with Crippen LogP contribution in [0.25, 0.3) is 0 Å². The molecular formula is C17H26ClN3O3. The van der Waals surface area contributed by atoms with E-state index in [0.717, 1.165) is 25.7 Å². The topological polar surface area (TPSA) is 104 Å². The number of hydrogen-bond donors (Lipinski definition) is 4. The van der Waals surface area contributed by atoms with Gasteiger partial charge in [0.25, 0.3) is 11.8 Å². The lowest BCUT2D eigenvalue weighted by molar-refractivity contribution is -0.131. The van der Waals surface area contributed by atoms with Crippen LogP contribution in [-0.4, -0.2) is 29.1 Å². The number of nitrogens with one attached hydrogen (secondary N) is 2. The van der Waals surface area contributed by atoms with E-state index < -0.39 is 24.0 Å². The normalized spacial score (nSPS) is 14.5. The zero-order valence-corrected chi connectivity index (χ0v) is 14.8. The summed E-state index contributed by atoms with van der Waals surface area (Å²) in [5.74, 6) is -1.20.